The molecule has 0 saturated heterocycles. The van der Waals surface area contributed by atoms with E-state index in [4.69, 9.17) is 5.73 Å². The molecule has 0 radical (unpaired) electrons. The highest BCUT2D eigenvalue weighted by Crippen LogP contribution is 2.48. The Balaban J connectivity index is 2.50. The van der Waals surface area contributed by atoms with Crippen LogP contribution in [0.15, 0.2) is 0 Å². The summed E-state index contributed by atoms with van der Waals surface area (Å²) >= 11 is 0. The molecule has 0 aromatic carbocycles. The van der Waals surface area contributed by atoms with Crippen molar-refractivity contribution in [1.29, 1.82) is 0 Å². The van der Waals surface area contributed by atoms with E-state index in [1.54, 1.807) is 0 Å². The van der Waals surface area contributed by atoms with E-state index < -0.39 is 0 Å². The third-order valence-electron chi connectivity index (χ3n) is 2.94. The average molecular weight is 142 g/mol. The van der Waals surface area contributed by atoms with E-state index >= 15 is 0 Å². The molecule has 2 atom stereocenters. The summed E-state index contributed by atoms with van der Waals surface area (Å²) < 4.78 is 0. The van der Waals surface area contributed by atoms with Gasteiger partial charge < -0.3 is 10.6 Å². The Hall–Kier alpha value is -0.0800. The summed E-state index contributed by atoms with van der Waals surface area (Å²) in [4.78, 5) is 2.28. The highest BCUT2D eigenvalue weighted by Gasteiger charge is 2.53. The molecule has 1 aliphatic carbocycles. The van der Waals surface area contributed by atoms with Gasteiger partial charge in [0.15, 0.2) is 0 Å². The first-order chi connectivity index (χ1) is 4.67. The molecular weight excluding hydrogens is 124 g/mol. The second kappa shape index (κ2) is 2.51. The Kier molecular flexibility index (Phi) is 2.02. The van der Waals surface area contributed by atoms with Gasteiger partial charge in [0.2, 0.25) is 0 Å². The van der Waals surface area contributed by atoms with Crippen molar-refractivity contribution in [3.05, 3.63) is 0 Å². The number of likely N-dealkylation sites (N-methyl/N-ethyl adjacent to an activating group) is 1. The van der Waals surface area contributed by atoms with Gasteiger partial charge in [0.25, 0.3) is 0 Å². The quantitative estimate of drug-likeness (QED) is 0.627. The van der Waals surface area contributed by atoms with Crippen molar-refractivity contribution in [2.45, 2.75) is 25.3 Å². The van der Waals surface area contributed by atoms with Crippen LogP contribution in [-0.4, -0.2) is 31.1 Å². The molecule has 60 valence electrons. The van der Waals surface area contributed by atoms with Gasteiger partial charge in [-0.15, -0.1) is 0 Å². The van der Waals surface area contributed by atoms with Gasteiger partial charge in [-0.25, -0.2) is 0 Å². The Bertz CT molecular complexity index is 122. The van der Waals surface area contributed by atoms with Crippen LogP contribution in [0, 0.1) is 5.92 Å². The van der Waals surface area contributed by atoms with Crippen molar-refractivity contribution in [2.24, 2.45) is 11.7 Å². The van der Waals surface area contributed by atoms with Crippen LogP contribution in [0.5, 0.6) is 0 Å². The van der Waals surface area contributed by atoms with E-state index in [1.165, 1.54) is 12.8 Å². The average Bonchev–Trinajstić information content (AvgIpc) is 2.62. The number of hydrogen-bond acceptors (Lipinski definition) is 2. The molecule has 0 amide bonds. The molecule has 1 rings (SSSR count). The molecular formula is C8H18N2. The number of hydrogen-bond donors (Lipinski definition) is 1. The van der Waals surface area contributed by atoms with E-state index in [0.717, 1.165) is 12.5 Å². The van der Waals surface area contributed by atoms with Crippen LogP contribution in [-0.2, 0) is 0 Å². The second-order valence-electron chi connectivity index (χ2n) is 3.51. The monoisotopic (exact) mass is 142 g/mol. The lowest BCUT2D eigenvalue weighted by Crippen LogP contribution is -2.39. The molecule has 2 unspecified atom stereocenters. The number of nitrogens with zero attached hydrogens (tertiary/aromatic N) is 1. The normalized spacial score (nSPS) is 38.7. The molecule has 2 heteroatoms. The van der Waals surface area contributed by atoms with Gasteiger partial charge >= 0.3 is 0 Å². The van der Waals surface area contributed by atoms with E-state index in [9.17, 15) is 0 Å². The van der Waals surface area contributed by atoms with Gasteiger partial charge in [0.05, 0.1) is 0 Å². The Morgan fingerprint density at radius 3 is 2.30 bits per heavy atom. The van der Waals surface area contributed by atoms with E-state index in [0.29, 0.717) is 5.54 Å². The van der Waals surface area contributed by atoms with Crippen LogP contribution in [0.3, 0.4) is 0 Å². The van der Waals surface area contributed by atoms with Crippen LogP contribution in [0.2, 0.25) is 0 Å². The van der Waals surface area contributed by atoms with Crippen LogP contribution in [0.25, 0.3) is 0 Å². The molecule has 1 aliphatic rings. The zero-order valence-electron chi connectivity index (χ0n) is 7.22. The zero-order valence-corrected chi connectivity index (χ0v) is 7.22. The third kappa shape index (κ3) is 0.956. The maximum absolute atomic E-state index is 5.69. The Morgan fingerprint density at radius 2 is 2.20 bits per heavy atom. The number of rotatable bonds is 3. The molecule has 0 aromatic heterocycles. The highest BCUT2D eigenvalue weighted by atomic mass is 15.2. The lowest BCUT2D eigenvalue weighted by molar-refractivity contribution is 0.254. The molecule has 0 heterocycles. The van der Waals surface area contributed by atoms with Gasteiger partial charge in [-0.2, -0.15) is 0 Å². The standard InChI is InChI=1S/C8H18N2/c1-4-7-5-8(7,6-9)10(2)3/h7H,4-6,9H2,1-3H3. The van der Waals surface area contributed by atoms with Crippen molar-refractivity contribution in [1.82, 2.24) is 4.90 Å². The van der Waals surface area contributed by atoms with Crippen molar-refractivity contribution in [3.8, 4) is 0 Å². The van der Waals surface area contributed by atoms with Gasteiger partial charge in [-0.1, -0.05) is 13.3 Å². The van der Waals surface area contributed by atoms with Crippen molar-refractivity contribution in [2.75, 3.05) is 20.6 Å². The van der Waals surface area contributed by atoms with Crippen molar-refractivity contribution in [3.63, 3.8) is 0 Å². The molecule has 1 fully saturated rings. The predicted octanol–water partition coefficient (Wildman–Crippen LogP) is 0.675. The first kappa shape index (κ1) is 8.02. The van der Waals surface area contributed by atoms with Gasteiger partial charge in [-0.05, 0) is 26.4 Å². The Labute approximate surface area is 63.4 Å². The van der Waals surface area contributed by atoms with Gasteiger partial charge in [-0.3, -0.25) is 0 Å². The van der Waals surface area contributed by atoms with Gasteiger partial charge in [0, 0.05) is 12.1 Å². The summed E-state index contributed by atoms with van der Waals surface area (Å²) in [6.45, 7) is 3.06. The lowest BCUT2D eigenvalue weighted by Gasteiger charge is -2.23. The van der Waals surface area contributed by atoms with E-state index in [2.05, 4.69) is 25.9 Å². The minimum Gasteiger partial charge on any atom is -0.329 e. The highest BCUT2D eigenvalue weighted by molar-refractivity contribution is 5.10. The summed E-state index contributed by atoms with van der Waals surface area (Å²) in [6, 6.07) is 0. The summed E-state index contributed by atoms with van der Waals surface area (Å²) in [5.41, 5.74) is 6.06. The molecule has 1 saturated carbocycles. The minimum absolute atomic E-state index is 0.370. The van der Waals surface area contributed by atoms with Crippen LogP contribution >= 0.6 is 0 Å². The largest absolute Gasteiger partial charge is 0.329 e. The summed E-state index contributed by atoms with van der Waals surface area (Å²) in [5, 5.41) is 0. The fraction of sp³-hybridized carbons (Fsp3) is 1.00. The van der Waals surface area contributed by atoms with Gasteiger partial charge in [0.1, 0.15) is 0 Å². The molecule has 0 aromatic rings. The Morgan fingerprint density at radius 1 is 1.60 bits per heavy atom. The van der Waals surface area contributed by atoms with Crippen LogP contribution in [0.1, 0.15) is 19.8 Å². The minimum atomic E-state index is 0.370. The maximum atomic E-state index is 5.69. The molecule has 0 spiro atoms. The molecule has 0 bridgehead atoms. The smallest absolute Gasteiger partial charge is 0.0357 e. The van der Waals surface area contributed by atoms with Crippen LogP contribution < -0.4 is 5.73 Å². The van der Waals surface area contributed by atoms with Crippen LogP contribution in [0.4, 0.5) is 0 Å². The maximum Gasteiger partial charge on any atom is 0.0357 e. The van der Waals surface area contributed by atoms with Crippen molar-refractivity contribution < 1.29 is 0 Å². The fourth-order valence-electron chi connectivity index (χ4n) is 1.87. The second-order valence-corrected chi connectivity index (χ2v) is 3.51. The summed E-state index contributed by atoms with van der Waals surface area (Å²) in [6.07, 6.45) is 2.57. The van der Waals surface area contributed by atoms with Crippen molar-refractivity contribution >= 4 is 0 Å². The topological polar surface area (TPSA) is 29.3 Å². The van der Waals surface area contributed by atoms with E-state index in [1.807, 2.05) is 0 Å². The first-order valence-corrected chi connectivity index (χ1v) is 4.05. The third-order valence-corrected chi connectivity index (χ3v) is 2.94. The first-order valence-electron chi connectivity index (χ1n) is 4.05. The molecule has 0 aliphatic heterocycles. The lowest BCUT2D eigenvalue weighted by atomic mass is 10.1. The fourth-order valence-corrected chi connectivity index (χ4v) is 1.87. The summed E-state index contributed by atoms with van der Waals surface area (Å²) in [5.74, 6) is 0.854. The summed E-state index contributed by atoms with van der Waals surface area (Å²) in [7, 11) is 4.26. The number of nitrogens with two attached hydrogens (primary N) is 1. The predicted molar refractivity (Wildman–Crippen MR) is 43.9 cm³/mol. The molecule has 2 N–H and O–H groups in total. The molecule has 2 nitrogen and oxygen atoms in total. The SMILES string of the molecule is CCC1CC1(CN)N(C)C. The van der Waals surface area contributed by atoms with E-state index in [-0.39, 0.29) is 0 Å². The molecule has 10 heavy (non-hydrogen) atoms. The zero-order chi connectivity index (χ0) is 7.78.